The molecule has 2 N–H and O–H groups in total. The molecule has 0 spiro atoms. The Labute approximate surface area is 144 Å². The van der Waals surface area contributed by atoms with Crippen molar-refractivity contribution in [1.29, 1.82) is 0 Å². The van der Waals surface area contributed by atoms with Crippen molar-refractivity contribution in [1.82, 2.24) is 10.6 Å². The zero-order chi connectivity index (χ0) is 16.8. The largest absolute Gasteiger partial charge is 0.348 e. The molecule has 0 fully saturated rings. The Bertz CT molecular complexity index is 710. The average molecular weight is 349 g/mol. The standard InChI is InChI=1S/C17H17ClN2O2S/c1-3-16(21)19-10-12-4-6-13(7-5-12)17(22)20-11(2)14-8-9-15(18)23-14/h3-9,11H,1,10H2,2H3,(H,19,21)(H,20,22). The molecule has 2 amide bonds. The fourth-order valence-corrected chi connectivity index (χ4v) is 3.01. The van der Waals surface area contributed by atoms with Crippen LogP contribution in [0.3, 0.4) is 0 Å². The highest BCUT2D eigenvalue weighted by Crippen LogP contribution is 2.26. The Morgan fingerprint density at radius 2 is 1.96 bits per heavy atom. The normalized spacial score (nSPS) is 11.6. The third-order valence-electron chi connectivity index (χ3n) is 3.24. The lowest BCUT2D eigenvalue weighted by atomic mass is 10.1. The maximum Gasteiger partial charge on any atom is 0.251 e. The summed E-state index contributed by atoms with van der Waals surface area (Å²) in [5, 5.41) is 5.62. The molecule has 2 rings (SSSR count). The van der Waals surface area contributed by atoms with E-state index in [1.54, 1.807) is 12.1 Å². The fraction of sp³-hybridized carbons (Fsp3) is 0.176. The van der Waals surface area contributed by atoms with E-state index in [-0.39, 0.29) is 17.9 Å². The SMILES string of the molecule is C=CC(=O)NCc1ccc(C(=O)NC(C)c2ccc(Cl)s2)cc1. The van der Waals surface area contributed by atoms with Gasteiger partial charge in [-0.3, -0.25) is 9.59 Å². The summed E-state index contributed by atoms with van der Waals surface area (Å²) in [6.45, 7) is 5.71. The predicted octanol–water partition coefficient (Wildman–Crippen LogP) is 3.69. The molecule has 23 heavy (non-hydrogen) atoms. The third-order valence-corrected chi connectivity index (χ3v) is 4.65. The lowest BCUT2D eigenvalue weighted by Crippen LogP contribution is -2.26. The first-order valence-electron chi connectivity index (χ1n) is 7.05. The summed E-state index contributed by atoms with van der Waals surface area (Å²) in [5.41, 5.74) is 1.48. The van der Waals surface area contributed by atoms with Crippen molar-refractivity contribution in [2.75, 3.05) is 0 Å². The smallest absolute Gasteiger partial charge is 0.251 e. The number of nitrogens with one attached hydrogen (secondary N) is 2. The van der Waals surface area contributed by atoms with Crippen LogP contribution in [0.25, 0.3) is 0 Å². The van der Waals surface area contributed by atoms with Crippen molar-refractivity contribution in [3.8, 4) is 0 Å². The maximum atomic E-state index is 12.2. The highest BCUT2D eigenvalue weighted by atomic mass is 35.5. The van der Waals surface area contributed by atoms with Gasteiger partial charge in [0.2, 0.25) is 5.91 Å². The van der Waals surface area contributed by atoms with Crippen LogP contribution in [0.1, 0.15) is 33.8 Å². The molecule has 0 aliphatic heterocycles. The molecule has 6 heteroatoms. The van der Waals surface area contributed by atoms with Gasteiger partial charge in [-0.1, -0.05) is 30.3 Å². The molecular weight excluding hydrogens is 332 g/mol. The van der Waals surface area contributed by atoms with E-state index in [9.17, 15) is 9.59 Å². The molecule has 1 aromatic heterocycles. The van der Waals surface area contributed by atoms with E-state index in [1.165, 1.54) is 17.4 Å². The first-order chi connectivity index (χ1) is 11.0. The quantitative estimate of drug-likeness (QED) is 0.782. The summed E-state index contributed by atoms with van der Waals surface area (Å²) in [5.74, 6) is -0.376. The van der Waals surface area contributed by atoms with E-state index in [2.05, 4.69) is 17.2 Å². The van der Waals surface area contributed by atoms with Gasteiger partial charge >= 0.3 is 0 Å². The number of amides is 2. The van der Waals surface area contributed by atoms with E-state index in [4.69, 9.17) is 11.6 Å². The van der Waals surface area contributed by atoms with Crippen LogP contribution < -0.4 is 10.6 Å². The van der Waals surface area contributed by atoms with Gasteiger partial charge < -0.3 is 10.6 Å². The van der Waals surface area contributed by atoms with E-state index in [0.29, 0.717) is 16.4 Å². The van der Waals surface area contributed by atoms with Gasteiger partial charge in [0, 0.05) is 17.0 Å². The second kappa shape index (κ2) is 7.94. The van der Waals surface area contributed by atoms with Gasteiger partial charge in [0.25, 0.3) is 5.91 Å². The van der Waals surface area contributed by atoms with Crippen molar-refractivity contribution < 1.29 is 9.59 Å². The van der Waals surface area contributed by atoms with Gasteiger partial charge in [0.05, 0.1) is 10.4 Å². The van der Waals surface area contributed by atoms with E-state index >= 15 is 0 Å². The molecular formula is C17H17ClN2O2S. The van der Waals surface area contributed by atoms with Crippen LogP contribution in [0.15, 0.2) is 49.1 Å². The molecule has 120 valence electrons. The van der Waals surface area contributed by atoms with Crippen LogP contribution in [-0.2, 0) is 11.3 Å². The van der Waals surface area contributed by atoms with Crippen molar-refractivity contribution in [2.45, 2.75) is 19.5 Å². The minimum atomic E-state index is -0.227. The molecule has 1 heterocycles. The number of thiophene rings is 1. The maximum absolute atomic E-state index is 12.2. The molecule has 0 aliphatic rings. The third kappa shape index (κ3) is 4.94. The monoisotopic (exact) mass is 348 g/mol. The van der Waals surface area contributed by atoms with Crippen molar-refractivity contribution in [3.05, 3.63) is 69.4 Å². The molecule has 2 aromatic rings. The number of benzene rings is 1. The Kier molecular flexibility index (Phi) is 5.96. The van der Waals surface area contributed by atoms with Gasteiger partial charge in [0.15, 0.2) is 0 Å². The van der Waals surface area contributed by atoms with E-state index in [1.807, 2.05) is 31.2 Å². The second-order valence-corrected chi connectivity index (χ2v) is 6.70. The molecule has 4 nitrogen and oxygen atoms in total. The Hall–Kier alpha value is -2.11. The summed E-state index contributed by atoms with van der Waals surface area (Å²) in [7, 11) is 0. The Morgan fingerprint density at radius 3 is 2.52 bits per heavy atom. The van der Waals surface area contributed by atoms with E-state index < -0.39 is 0 Å². The molecule has 0 aliphatic carbocycles. The van der Waals surface area contributed by atoms with Crippen LogP contribution in [0, 0.1) is 0 Å². The zero-order valence-electron chi connectivity index (χ0n) is 12.6. The fourth-order valence-electron chi connectivity index (χ4n) is 1.95. The molecule has 0 bridgehead atoms. The topological polar surface area (TPSA) is 58.2 Å². The van der Waals surface area contributed by atoms with Crippen molar-refractivity contribution >= 4 is 34.8 Å². The van der Waals surface area contributed by atoms with Gasteiger partial charge in [-0.05, 0) is 42.8 Å². The summed E-state index contributed by atoms with van der Waals surface area (Å²) in [6, 6.07) is 10.7. The molecule has 0 saturated heterocycles. The van der Waals surface area contributed by atoms with Gasteiger partial charge in [-0.2, -0.15) is 0 Å². The minimum Gasteiger partial charge on any atom is -0.348 e. The summed E-state index contributed by atoms with van der Waals surface area (Å²) < 4.78 is 0.701. The highest BCUT2D eigenvalue weighted by Gasteiger charge is 2.13. The van der Waals surface area contributed by atoms with E-state index in [0.717, 1.165) is 10.4 Å². The molecule has 1 unspecified atom stereocenters. The van der Waals surface area contributed by atoms with Crippen LogP contribution >= 0.6 is 22.9 Å². The van der Waals surface area contributed by atoms with Gasteiger partial charge in [0.1, 0.15) is 0 Å². The highest BCUT2D eigenvalue weighted by molar-refractivity contribution is 7.16. The van der Waals surface area contributed by atoms with Crippen molar-refractivity contribution in [2.24, 2.45) is 0 Å². The molecule has 1 atom stereocenters. The predicted molar refractivity (Wildman–Crippen MR) is 93.7 cm³/mol. The van der Waals surface area contributed by atoms with Crippen LogP contribution in [0.4, 0.5) is 0 Å². The summed E-state index contributed by atoms with van der Waals surface area (Å²) in [6.07, 6.45) is 1.22. The minimum absolute atomic E-state index is 0.105. The number of halogens is 1. The number of carbonyl (C=O) groups excluding carboxylic acids is 2. The summed E-state index contributed by atoms with van der Waals surface area (Å²) in [4.78, 5) is 24.4. The Balaban J connectivity index is 1.94. The average Bonchev–Trinajstić information content (AvgIpc) is 2.99. The van der Waals surface area contributed by atoms with Gasteiger partial charge in [-0.25, -0.2) is 0 Å². The lowest BCUT2D eigenvalue weighted by molar-refractivity contribution is -0.116. The van der Waals surface area contributed by atoms with Gasteiger partial charge in [-0.15, -0.1) is 11.3 Å². The van der Waals surface area contributed by atoms with Crippen molar-refractivity contribution in [3.63, 3.8) is 0 Å². The molecule has 0 saturated carbocycles. The lowest BCUT2D eigenvalue weighted by Gasteiger charge is -2.12. The summed E-state index contributed by atoms with van der Waals surface area (Å²) >= 11 is 7.36. The number of hydrogen-bond acceptors (Lipinski definition) is 3. The van der Waals surface area contributed by atoms with Crippen LogP contribution in [-0.4, -0.2) is 11.8 Å². The number of hydrogen-bond donors (Lipinski definition) is 2. The molecule has 0 radical (unpaired) electrons. The Morgan fingerprint density at radius 1 is 1.26 bits per heavy atom. The zero-order valence-corrected chi connectivity index (χ0v) is 14.2. The molecule has 1 aromatic carbocycles. The second-order valence-electron chi connectivity index (χ2n) is 4.96. The first kappa shape index (κ1) is 17.2. The number of rotatable bonds is 6. The van der Waals surface area contributed by atoms with Crippen LogP contribution in [0.5, 0.6) is 0 Å². The first-order valence-corrected chi connectivity index (χ1v) is 8.24. The van der Waals surface area contributed by atoms with Crippen LogP contribution in [0.2, 0.25) is 4.34 Å². The number of carbonyl (C=O) groups is 2.